The van der Waals surface area contributed by atoms with Gasteiger partial charge in [-0.1, -0.05) is 26.0 Å². The van der Waals surface area contributed by atoms with Crippen molar-refractivity contribution in [2.45, 2.75) is 65.5 Å². The minimum atomic E-state index is -0.149. The molecular formula is C22H32N4O. The fraction of sp³-hybridized carbons (Fsp3) is 0.545. The molecule has 1 fully saturated rings. The van der Waals surface area contributed by atoms with Crippen LogP contribution in [0.1, 0.15) is 75.1 Å². The van der Waals surface area contributed by atoms with Gasteiger partial charge in [-0.25, -0.2) is 0 Å². The lowest BCUT2D eigenvalue weighted by atomic mass is 10.1. The summed E-state index contributed by atoms with van der Waals surface area (Å²) in [7, 11) is 0. The second-order valence-corrected chi connectivity index (χ2v) is 8.74. The normalized spacial score (nSPS) is 14.8. The van der Waals surface area contributed by atoms with E-state index in [0.717, 1.165) is 24.3 Å². The van der Waals surface area contributed by atoms with E-state index in [-0.39, 0.29) is 11.4 Å². The fourth-order valence-corrected chi connectivity index (χ4v) is 3.53. The Hall–Kier alpha value is -2.30. The van der Waals surface area contributed by atoms with Crippen LogP contribution in [0, 0.1) is 0 Å². The maximum absolute atomic E-state index is 12.6. The van der Waals surface area contributed by atoms with E-state index in [1.54, 1.807) is 0 Å². The number of nitrogens with one attached hydrogen (secondary N) is 1. The molecule has 0 radical (unpaired) electrons. The minimum absolute atomic E-state index is 0.122. The largest absolute Gasteiger partial charge is 0.372 e. The van der Waals surface area contributed by atoms with Crippen molar-refractivity contribution < 1.29 is 4.79 Å². The number of rotatable bonds is 5. The van der Waals surface area contributed by atoms with Gasteiger partial charge in [0.05, 0.1) is 5.54 Å². The highest BCUT2D eigenvalue weighted by Gasteiger charge is 2.23. The van der Waals surface area contributed by atoms with Gasteiger partial charge < -0.3 is 10.2 Å². The second kappa shape index (κ2) is 7.75. The van der Waals surface area contributed by atoms with Crippen LogP contribution in [-0.2, 0) is 12.1 Å². The minimum Gasteiger partial charge on any atom is -0.372 e. The monoisotopic (exact) mass is 368 g/mol. The Morgan fingerprint density at radius 2 is 1.78 bits per heavy atom. The van der Waals surface area contributed by atoms with Crippen LogP contribution in [0.25, 0.3) is 0 Å². The summed E-state index contributed by atoms with van der Waals surface area (Å²) in [6, 6.07) is 10.4. The van der Waals surface area contributed by atoms with Crippen LogP contribution in [0.4, 0.5) is 5.69 Å². The lowest BCUT2D eigenvalue weighted by Gasteiger charge is -2.23. The Labute approximate surface area is 162 Å². The molecule has 5 heteroatoms. The van der Waals surface area contributed by atoms with E-state index in [0.29, 0.717) is 18.2 Å². The van der Waals surface area contributed by atoms with Gasteiger partial charge >= 0.3 is 0 Å². The molecule has 2 aromatic rings. The summed E-state index contributed by atoms with van der Waals surface area (Å²) in [5, 5.41) is 7.59. The van der Waals surface area contributed by atoms with Crippen molar-refractivity contribution >= 4 is 11.6 Å². The SMILES string of the molecule is CC(C)c1cc(C(=O)NCc2ccc(N3CCCC3)cc2)nn1C(C)(C)C. The van der Waals surface area contributed by atoms with Crippen LogP contribution in [0.5, 0.6) is 0 Å². The number of anilines is 1. The van der Waals surface area contributed by atoms with Gasteiger partial charge in [-0.2, -0.15) is 5.10 Å². The van der Waals surface area contributed by atoms with Crippen molar-refractivity contribution in [2.75, 3.05) is 18.0 Å². The zero-order chi connectivity index (χ0) is 19.6. The number of carbonyl (C=O) groups excluding carboxylic acids is 1. The van der Waals surface area contributed by atoms with E-state index in [2.05, 4.69) is 74.2 Å². The summed E-state index contributed by atoms with van der Waals surface area (Å²) in [6.45, 7) is 13.4. The molecule has 0 bridgehead atoms. The summed E-state index contributed by atoms with van der Waals surface area (Å²) >= 11 is 0. The maximum Gasteiger partial charge on any atom is 0.272 e. The molecule has 5 nitrogen and oxygen atoms in total. The Bertz CT molecular complexity index is 778. The second-order valence-electron chi connectivity index (χ2n) is 8.74. The summed E-state index contributed by atoms with van der Waals surface area (Å²) in [6.07, 6.45) is 2.55. The number of amides is 1. The highest BCUT2D eigenvalue weighted by molar-refractivity contribution is 5.92. The van der Waals surface area contributed by atoms with Crippen molar-refractivity contribution in [3.8, 4) is 0 Å². The number of benzene rings is 1. The Balaban J connectivity index is 1.65. The first-order valence-electron chi connectivity index (χ1n) is 9.98. The van der Waals surface area contributed by atoms with Gasteiger partial charge in [-0.15, -0.1) is 0 Å². The standard InChI is InChI=1S/C22H32N4O/c1-16(2)20-14-19(24-26(20)22(3,4)5)21(27)23-15-17-8-10-18(11-9-17)25-12-6-7-13-25/h8-11,14,16H,6-7,12-13,15H2,1-5H3,(H,23,27). The Morgan fingerprint density at radius 3 is 2.30 bits per heavy atom. The summed E-state index contributed by atoms with van der Waals surface area (Å²) < 4.78 is 1.97. The Morgan fingerprint density at radius 1 is 1.15 bits per heavy atom. The zero-order valence-electron chi connectivity index (χ0n) is 17.2. The predicted octanol–water partition coefficient (Wildman–Crippen LogP) is 4.29. The molecule has 0 unspecified atom stereocenters. The van der Waals surface area contributed by atoms with E-state index in [9.17, 15) is 4.79 Å². The molecular weight excluding hydrogens is 336 g/mol. The van der Waals surface area contributed by atoms with Gasteiger partial charge in [0.15, 0.2) is 0 Å². The van der Waals surface area contributed by atoms with Crippen molar-refractivity contribution in [1.29, 1.82) is 0 Å². The summed E-state index contributed by atoms with van der Waals surface area (Å²) in [5.41, 5.74) is 3.80. The van der Waals surface area contributed by atoms with Gasteiger partial charge in [0.25, 0.3) is 5.91 Å². The molecule has 1 aromatic heterocycles. The molecule has 1 aromatic carbocycles. The fourth-order valence-electron chi connectivity index (χ4n) is 3.53. The molecule has 3 rings (SSSR count). The van der Waals surface area contributed by atoms with E-state index in [1.807, 2.05) is 10.7 Å². The van der Waals surface area contributed by atoms with Crippen molar-refractivity contribution in [3.63, 3.8) is 0 Å². The van der Waals surface area contributed by atoms with Crippen LogP contribution < -0.4 is 10.2 Å². The smallest absolute Gasteiger partial charge is 0.272 e. The van der Waals surface area contributed by atoms with Crippen LogP contribution in [0.2, 0.25) is 0 Å². The molecule has 1 N–H and O–H groups in total. The molecule has 0 atom stereocenters. The molecule has 2 heterocycles. The first-order valence-corrected chi connectivity index (χ1v) is 9.98. The summed E-state index contributed by atoms with van der Waals surface area (Å²) in [5.74, 6) is 0.194. The van der Waals surface area contributed by atoms with Crippen LogP contribution >= 0.6 is 0 Å². The molecule has 0 aliphatic carbocycles. The van der Waals surface area contributed by atoms with Crippen LogP contribution in [-0.4, -0.2) is 28.8 Å². The van der Waals surface area contributed by atoms with Crippen molar-refractivity contribution in [3.05, 3.63) is 47.3 Å². The first kappa shape index (κ1) is 19.5. The van der Waals surface area contributed by atoms with Crippen LogP contribution in [0.3, 0.4) is 0 Å². The maximum atomic E-state index is 12.6. The van der Waals surface area contributed by atoms with Gasteiger partial charge in [0.1, 0.15) is 5.69 Å². The molecule has 1 aliphatic rings. The molecule has 0 saturated carbocycles. The van der Waals surface area contributed by atoms with E-state index < -0.39 is 0 Å². The summed E-state index contributed by atoms with van der Waals surface area (Å²) in [4.78, 5) is 15.0. The lowest BCUT2D eigenvalue weighted by molar-refractivity contribution is 0.0944. The zero-order valence-corrected chi connectivity index (χ0v) is 17.2. The first-order chi connectivity index (χ1) is 12.8. The average Bonchev–Trinajstić information content (AvgIpc) is 3.29. The lowest BCUT2D eigenvalue weighted by Crippen LogP contribution is -2.27. The quantitative estimate of drug-likeness (QED) is 0.856. The van der Waals surface area contributed by atoms with E-state index in [1.165, 1.54) is 18.5 Å². The third-order valence-corrected chi connectivity index (χ3v) is 5.06. The van der Waals surface area contributed by atoms with Crippen LogP contribution in [0.15, 0.2) is 30.3 Å². The predicted molar refractivity (Wildman–Crippen MR) is 110 cm³/mol. The molecule has 1 aliphatic heterocycles. The number of hydrogen-bond donors (Lipinski definition) is 1. The van der Waals surface area contributed by atoms with Crippen molar-refractivity contribution in [1.82, 2.24) is 15.1 Å². The molecule has 27 heavy (non-hydrogen) atoms. The average molecular weight is 369 g/mol. The number of nitrogens with zero attached hydrogens (tertiary/aromatic N) is 3. The van der Waals surface area contributed by atoms with E-state index >= 15 is 0 Å². The van der Waals surface area contributed by atoms with Gasteiger partial charge in [-0.05, 0) is 63.3 Å². The van der Waals surface area contributed by atoms with Crippen molar-refractivity contribution in [2.24, 2.45) is 0 Å². The third kappa shape index (κ3) is 4.52. The third-order valence-electron chi connectivity index (χ3n) is 5.06. The van der Waals surface area contributed by atoms with Gasteiger partial charge in [0, 0.05) is 31.0 Å². The molecule has 1 amide bonds. The number of aromatic nitrogens is 2. The molecule has 0 spiro atoms. The highest BCUT2D eigenvalue weighted by atomic mass is 16.1. The Kier molecular flexibility index (Phi) is 5.59. The highest BCUT2D eigenvalue weighted by Crippen LogP contribution is 2.24. The van der Waals surface area contributed by atoms with E-state index in [4.69, 9.17) is 0 Å². The topological polar surface area (TPSA) is 50.2 Å². The molecule has 146 valence electrons. The van der Waals surface area contributed by atoms with Gasteiger partial charge in [0.2, 0.25) is 0 Å². The molecule has 1 saturated heterocycles. The number of carbonyl (C=O) groups is 1. The van der Waals surface area contributed by atoms with Gasteiger partial charge in [-0.3, -0.25) is 9.48 Å². The number of hydrogen-bond acceptors (Lipinski definition) is 3.